The van der Waals surface area contributed by atoms with Gasteiger partial charge in [-0.1, -0.05) is 18.2 Å². The summed E-state index contributed by atoms with van der Waals surface area (Å²) in [5.74, 6) is -2.81. The van der Waals surface area contributed by atoms with Crippen molar-refractivity contribution < 1.29 is 29.3 Å². The molecule has 9 nitrogen and oxygen atoms in total. The van der Waals surface area contributed by atoms with Crippen molar-refractivity contribution in [2.75, 3.05) is 34.3 Å². The minimum Gasteiger partial charge on any atom is -0.497 e. The largest absolute Gasteiger partial charge is 0.497 e. The molecule has 34 heavy (non-hydrogen) atoms. The highest BCUT2D eigenvalue weighted by atomic mass is 16.5. The number of H-pyrrole nitrogens is 1. The standard InChI is InChI=1S/C23H29N3O2.C2H2O4/c1-26(2)13-11-19-16-25-22-9-6-18(14-21(19)22)10-12-24-23(27)15-17-4-7-20(28-3)8-5-17;3-1(4)2(5)6/h4-9,14,16,25H,10-13,15H2,1-3H3,(H,24,27);(H,3,4)(H,5,6). The number of hydrogen-bond acceptors (Lipinski definition) is 5. The summed E-state index contributed by atoms with van der Waals surface area (Å²) in [6, 6.07) is 14.1. The third-order valence-corrected chi connectivity index (χ3v) is 5.10. The summed E-state index contributed by atoms with van der Waals surface area (Å²) in [6.45, 7) is 1.66. The SMILES string of the molecule is COc1ccc(CC(=O)NCCc2ccc3[nH]cc(CCN(C)C)c3c2)cc1.O=C(O)C(=O)O. The second kappa shape index (κ2) is 13.0. The molecule has 0 saturated carbocycles. The Labute approximate surface area is 198 Å². The van der Waals surface area contributed by atoms with Crippen molar-refractivity contribution in [2.45, 2.75) is 19.3 Å². The molecule has 1 amide bonds. The number of fused-ring (bicyclic) bond motifs is 1. The van der Waals surface area contributed by atoms with Crippen LogP contribution in [0.3, 0.4) is 0 Å². The van der Waals surface area contributed by atoms with Gasteiger partial charge in [-0.2, -0.15) is 0 Å². The Hall–Kier alpha value is -3.85. The Morgan fingerprint density at radius 3 is 2.21 bits per heavy atom. The second-order valence-corrected chi connectivity index (χ2v) is 7.98. The van der Waals surface area contributed by atoms with E-state index >= 15 is 0 Å². The van der Waals surface area contributed by atoms with Gasteiger partial charge >= 0.3 is 11.9 Å². The normalized spacial score (nSPS) is 10.5. The van der Waals surface area contributed by atoms with Crippen LogP contribution in [0.25, 0.3) is 10.9 Å². The van der Waals surface area contributed by atoms with Crippen LogP contribution in [0.5, 0.6) is 5.75 Å². The van der Waals surface area contributed by atoms with Crippen molar-refractivity contribution in [1.29, 1.82) is 0 Å². The van der Waals surface area contributed by atoms with Crippen molar-refractivity contribution in [3.8, 4) is 5.75 Å². The van der Waals surface area contributed by atoms with Crippen molar-refractivity contribution in [3.63, 3.8) is 0 Å². The number of nitrogens with one attached hydrogen (secondary N) is 2. The zero-order chi connectivity index (χ0) is 25.1. The summed E-state index contributed by atoms with van der Waals surface area (Å²) >= 11 is 0. The number of aromatic nitrogens is 1. The number of benzene rings is 2. The summed E-state index contributed by atoms with van der Waals surface area (Å²) < 4.78 is 5.14. The van der Waals surface area contributed by atoms with Gasteiger partial charge in [0.15, 0.2) is 0 Å². The van der Waals surface area contributed by atoms with Crippen molar-refractivity contribution in [1.82, 2.24) is 15.2 Å². The van der Waals surface area contributed by atoms with Gasteiger partial charge in [0.25, 0.3) is 0 Å². The topological polar surface area (TPSA) is 132 Å². The Kier molecular flexibility index (Phi) is 10.1. The first kappa shape index (κ1) is 26.4. The van der Waals surface area contributed by atoms with Gasteiger partial charge in [0.05, 0.1) is 13.5 Å². The number of carbonyl (C=O) groups is 3. The molecule has 182 valence electrons. The van der Waals surface area contributed by atoms with Crippen LogP contribution < -0.4 is 10.1 Å². The fourth-order valence-corrected chi connectivity index (χ4v) is 3.27. The summed E-state index contributed by atoms with van der Waals surface area (Å²) in [4.78, 5) is 35.9. The molecule has 9 heteroatoms. The molecular formula is C25H31N3O6. The molecule has 0 aliphatic carbocycles. The molecule has 0 bridgehead atoms. The zero-order valence-corrected chi connectivity index (χ0v) is 19.6. The van der Waals surface area contributed by atoms with E-state index in [0.29, 0.717) is 13.0 Å². The average molecular weight is 470 g/mol. The van der Waals surface area contributed by atoms with Crippen LogP contribution in [0.2, 0.25) is 0 Å². The second-order valence-electron chi connectivity index (χ2n) is 7.98. The van der Waals surface area contributed by atoms with Crippen LogP contribution in [0.1, 0.15) is 16.7 Å². The Balaban J connectivity index is 0.000000604. The lowest BCUT2D eigenvalue weighted by Gasteiger charge is -2.09. The van der Waals surface area contributed by atoms with Gasteiger partial charge in [0.2, 0.25) is 5.91 Å². The number of hydrogen-bond donors (Lipinski definition) is 4. The lowest BCUT2D eigenvalue weighted by Crippen LogP contribution is -2.27. The van der Waals surface area contributed by atoms with Crippen LogP contribution in [0, 0.1) is 0 Å². The summed E-state index contributed by atoms with van der Waals surface area (Å²) in [5, 5.41) is 19.1. The van der Waals surface area contributed by atoms with E-state index in [4.69, 9.17) is 24.5 Å². The number of carboxylic acid groups (broad SMARTS) is 2. The molecule has 3 rings (SSSR count). The fraction of sp³-hybridized carbons (Fsp3) is 0.320. The fourth-order valence-electron chi connectivity index (χ4n) is 3.27. The third kappa shape index (κ3) is 8.59. The number of rotatable bonds is 9. The molecule has 2 aromatic carbocycles. The van der Waals surface area contributed by atoms with Gasteiger partial charge in [-0.15, -0.1) is 0 Å². The molecule has 0 radical (unpaired) electrons. The number of nitrogens with zero attached hydrogens (tertiary/aromatic N) is 1. The molecule has 1 aromatic heterocycles. The number of aromatic amines is 1. The van der Waals surface area contributed by atoms with Crippen LogP contribution in [-0.4, -0.2) is 72.2 Å². The van der Waals surface area contributed by atoms with E-state index < -0.39 is 11.9 Å². The van der Waals surface area contributed by atoms with Gasteiger partial charge in [0.1, 0.15) is 5.75 Å². The van der Waals surface area contributed by atoms with Crippen LogP contribution in [0.4, 0.5) is 0 Å². The van der Waals surface area contributed by atoms with Gasteiger partial charge in [-0.05, 0) is 67.9 Å². The third-order valence-electron chi connectivity index (χ3n) is 5.10. The van der Waals surface area contributed by atoms with Gasteiger partial charge in [-0.25, -0.2) is 9.59 Å². The van der Waals surface area contributed by atoms with E-state index in [1.54, 1.807) is 7.11 Å². The molecule has 0 unspecified atom stereocenters. The summed E-state index contributed by atoms with van der Waals surface area (Å²) in [5.41, 5.74) is 4.73. The van der Waals surface area contributed by atoms with Gasteiger partial charge in [-0.3, -0.25) is 4.79 Å². The number of carbonyl (C=O) groups excluding carboxylic acids is 1. The predicted octanol–water partition coefficient (Wildman–Crippen LogP) is 2.34. The number of amides is 1. The highest BCUT2D eigenvalue weighted by molar-refractivity contribution is 6.27. The van der Waals surface area contributed by atoms with E-state index in [0.717, 1.165) is 30.7 Å². The Morgan fingerprint density at radius 1 is 0.971 bits per heavy atom. The molecule has 0 saturated heterocycles. The lowest BCUT2D eigenvalue weighted by molar-refractivity contribution is -0.159. The Morgan fingerprint density at radius 2 is 1.62 bits per heavy atom. The number of methoxy groups -OCH3 is 1. The molecule has 0 aliphatic rings. The first-order chi connectivity index (χ1) is 16.2. The number of carboxylic acids is 2. The molecule has 1 heterocycles. The van der Waals surface area contributed by atoms with Crippen LogP contribution in [-0.2, 0) is 33.6 Å². The number of ether oxygens (including phenoxy) is 1. The maximum Gasteiger partial charge on any atom is 0.414 e. The van der Waals surface area contributed by atoms with Crippen molar-refractivity contribution in [2.24, 2.45) is 0 Å². The van der Waals surface area contributed by atoms with E-state index in [-0.39, 0.29) is 5.91 Å². The van der Waals surface area contributed by atoms with Gasteiger partial charge < -0.3 is 30.2 Å². The monoisotopic (exact) mass is 469 g/mol. The first-order valence-corrected chi connectivity index (χ1v) is 10.8. The minimum absolute atomic E-state index is 0.0413. The Bertz CT molecular complexity index is 1090. The predicted molar refractivity (Wildman–Crippen MR) is 129 cm³/mol. The summed E-state index contributed by atoms with van der Waals surface area (Å²) in [6.07, 6.45) is 4.34. The maximum absolute atomic E-state index is 12.2. The molecule has 3 aromatic rings. The van der Waals surface area contributed by atoms with E-state index in [9.17, 15) is 4.79 Å². The molecule has 0 atom stereocenters. The van der Waals surface area contributed by atoms with Crippen molar-refractivity contribution >= 4 is 28.7 Å². The minimum atomic E-state index is -1.82. The molecule has 4 N–H and O–H groups in total. The average Bonchev–Trinajstić information content (AvgIpc) is 3.21. The molecule has 0 fully saturated rings. The highest BCUT2D eigenvalue weighted by Gasteiger charge is 2.07. The van der Waals surface area contributed by atoms with E-state index in [1.807, 2.05) is 24.3 Å². The van der Waals surface area contributed by atoms with Crippen molar-refractivity contribution in [3.05, 3.63) is 65.4 Å². The maximum atomic E-state index is 12.2. The molecule has 0 spiro atoms. The van der Waals surface area contributed by atoms with E-state index in [1.165, 1.54) is 22.0 Å². The number of likely N-dealkylation sites (N-methyl/N-ethyl adjacent to an activating group) is 1. The molecular weight excluding hydrogens is 438 g/mol. The molecule has 0 aliphatic heterocycles. The van der Waals surface area contributed by atoms with Crippen LogP contribution in [0.15, 0.2) is 48.7 Å². The quantitative estimate of drug-likeness (QED) is 0.354. The zero-order valence-electron chi connectivity index (χ0n) is 19.6. The lowest BCUT2D eigenvalue weighted by atomic mass is 10.1. The highest BCUT2D eigenvalue weighted by Crippen LogP contribution is 2.21. The smallest absolute Gasteiger partial charge is 0.414 e. The first-order valence-electron chi connectivity index (χ1n) is 10.8. The van der Waals surface area contributed by atoms with E-state index in [2.05, 4.69) is 53.7 Å². The summed E-state index contributed by atoms with van der Waals surface area (Å²) in [7, 11) is 5.82. The van der Waals surface area contributed by atoms with Crippen LogP contribution >= 0.6 is 0 Å². The van der Waals surface area contributed by atoms with Gasteiger partial charge in [0, 0.05) is 30.2 Å². The number of aliphatic carboxylic acids is 2.